The Morgan fingerprint density at radius 1 is 1.39 bits per heavy atom. The summed E-state index contributed by atoms with van der Waals surface area (Å²) in [6, 6.07) is 1.81. The van der Waals surface area contributed by atoms with Crippen LogP contribution in [0.5, 0.6) is 11.5 Å². The molecule has 0 aliphatic carbocycles. The highest BCUT2D eigenvalue weighted by Crippen LogP contribution is 2.42. The summed E-state index contributed by atoms with van der Waals surface area (Å²) >= 11 is 6.13. The molecule has 4 nitrogen and oxygen atoms in total. The van der Waals surface area contributed by atoms with Gasteiger partial charge >= 0.3 is 0 Å². The second kappa shape index (κ2) is 5.59. The fourth-order valence-corrected chi connectivity index (χ4v) is 2.64. The van der Waals surface area contributed by atoms with E-state index in [-0.39, 0.29) is 0 Å². The summed E-state index contributed by atoms with van der Waals surface area (Å²) in [6.45, 7) is 1.86. The van der Waals surface area contributed by atoms with Gasteiger partial charge in [0, 0.05) is 18.0 Å². The lowest BCUT2D eigenvalue weighted by Crippen LogP contribution is -2.10. The number of hydrogen-bond donors (Lipinski definition) is 1. The molecule has 0 aromatic heterocycles. The zero-order valence-corrected chi connectivity index (χ0v) is 11.2. The highest BCUT2D eigenvalue weighted by atomic mass is 35.5. The third-order valence-corrected chi connectivity index (χ3v) is 3.59. The molecule has 18 heavy (non-hydrogen) atoms. The maximum atomic E-state index is 11.1. The fourth-order valence-electron chi connectivity index (χ4n) is 2.39. The van der Waals surface area contributed by atoms with Crippen LogP contribution in [0.3, 0.4) is 0 Å². The van der Waals surface area contributed by atoms with Crippen molar-refractivity contribution in [3.63, 3.8) is 0 Å². The topological polar surface area (TPSA) is 47.6 Å². The first-order valence-corrected chi connectivity index (χ1v) is 6.21. The molecule has 1 aliphatic heterocycles. The van der Waals surface area contributed by atoms with Gasteiger partial charge < -0.3 is 14.8 Å². The Kier molecular flexibility index (Phi) is 4.09. The van der Waals surface area contributed by atoms with E-state index in [4.69, 9.17) is 21.1 Å². The van der Waals surface area contributed by atoms with E-state index < -0.39 is 0 Å². The van der Waals surface area contributed by atoms with Crippen molar-refractivity contribution in [2.24, 2.45) is 0 Å². The van der Waals surface area contributed by atoms with Crippen molar-refractivity contribution in [3.05, 3.63) is 22.2 Å². The van der Waals surface area contributed by atoms with Gasteiger partial charge in [0.2, 0.25) is 0 Å². The minimum Gasteiger partial charge on any atom is -0.493 e. The van der Waals surface area contributed by atoms with Gasteiger partial charge in [0.25, 0.3) is 0 Å². The van der Waals surface area contributed by atoms with E-state index in [2.05, 4.69) is 5.32 Å². The van der Waals surface area contributed by atoms with Gasteiger partial charge in [-0.1, -0.05) is 11.6 Å². The van der Waals surface area contributed by atoms with Crippen LogP contribution in [0, 0.1) is 0 Å². The monoisotopic (exact) mass is 269 g/mol. The summed E-state index contributed by atoms with van der Waals surface area (Å²) in [6.07, 6.45) is 1.72. The van der Waals surface area contributed by atoms with E-state index in [1.54, 1.807) is 7.11 Å². The Hall–Kier alpha value is -1.26. The molecule has 1 saturated heterocycles. The lowest BCUT2D eigenvalue weighted by Gasteiger charge is -2.19. The van der Waals surface area contributed by atoms with Crippen LogP contribution in [0.15, 0.2) is 6.07 Å². The normalized spacial score (nSPS) is 18.7. The van der Waals surface area contributed by atoms with Crippen LogP contribution in [0.25, 0.3) is 0 Å². The van der Waals surface area contributed by atoms with Gasteiger partial charge in [0.1, 0.15) is 0 Å². The SMILES string of the molecule is COc1c(C2CCNC2)cc(Cl)c(C=O)c1OC. The largest absolute Gasteiger partial charge is 0.493 e. The van der Waals surface area contributed by atoms with Crippen LogP contribution in [-0.2, 0) is 0 Å². The van der Waals surface area contributed by atoms with Crippen molar-refractivity contribution in [1.82, 2.24) is 5.32 Å². The summed E-state index contributed by atoms with van der Waals surface area (Å²) in [7, 11) is 3.09. The molecule has 1 unspecified atom stereocenters. The van der Waals surface area contributed by atoms with Crippen LogP contribution in [0.4, 0.5) is 0 Å². The zero-order valence-electron chi connectivity index (χ0n) is 10.5. The van der Waals surface area contributed by atoms with Crippen molar-refractivity contribution < 1.29 is 14.3 Å². The third-order valence-electron chi connectivity index (χ3n) is 3.28. The molecule has 1 atom stereocenters. The Bertz CT molecular complexity index is 456. The predicted octanol–water partition coefficient (Wildman–Crippen LogP) is 2.25. The van der Waals surface area contributed by atoms with Crippen molar-refractivity contribution in [3.8, 4) is 11.5 Å². The molecule has 1 heterocycles. The van der Waals surface area contributed by atoms with E-state index in [0.717, 1.165) is 25.1 Å². The molecular formula is C13H16ClNO3. The molecule has 0 spiro atoms. The maximum absolute atomic E-state index is 11.1. The number of carbonyl (C=O) groups is 1. The highest BCUT2D eigenvalue weighted by Gasteiger charge is 2.26. The van der Waals surface area contributed by atoms with Crippen LogP contribution < -0.4 is 14.8 Å². The molecule has 98 valence electrons. The van der Waals surface area contributed by atoms with E-state index in [1.807, 2.05) is 6.07 Å². The predicted molar refractivity (Wildman–Crippen MR) is 70.2 cm³/mol. The van der Waals surface area contributed by atoms with Gasteiger partial charge in [-0.3, -0.25) is 4.79 Å². The van der Waals surface area contributed by atoms with Gasteiger partial charge in [0.15, 0.2) is 17.8 Å². The number of carbonyl (C=O) groups excluding carboxylic acids is 1. The van der Waals surface area contributed by atoms with Crippen molar-refractivity contribution in [2.75, 3.05) is 27.3 Å². The van der Waals surface area contributed by atoms with Gasteiger partial charge in [-0.15, -0.1) is 0 Å². The minimum atomic E-state index is 0.339. The van der Waals surface area contributed by atoms with E-state index >= 15 is 0 Å². The smallest absolute Gasteiger partial charge is 0.173 e. The fraction of sp³-hybridized carbons (Fsp3) is 0.462. The standard InChI is InChI=1S/C13H16ClNO3/c1-17-12-9(8-3-4-15-6-8)5-11(14)10(7-16)13(12)18-2/h5,7-8,15H,3-4,6H2,1-2H3. The van der Waals surface area contributed by atoms with E-state index in [0.29, 0.717) is 34.3 Å². The average Bonchev–Trinajstić information content (AvgIpc) is 2.90. The molecule has 1 aromatic carbocycles. The summed E-state index contributed by atoms with van der Waals surface area (Å²) in [4.78, 5) is 11.1. The molecule has 0 bridgehead atoms. The lowest BCUT2D eigenvalue weighted by atomic mass is 9.95. The Morgan fingerprint density at radius 3 is 2.61 bits per heavy atom. The molecule has 0 saturated carbocycles. The number of aldehydes is 1. The van der Waals surface area contributed by atoms with Crippen LogP contribution in [0.2, 0.25) is 5.02 Å². The molecule has 1 N–H and O–H groups in total. The molecule has 5 heteroatoms. The van der Waals surface area contributed by atoms with Crippen molar-refractivity contribution in [2.45, 2.75) is 12.3 Å². The van der Waals surface area contributed by atoms with Crippen molar-refractivity contribution >= 4 is 17.9 Å². The summed E-state index contributed by atoms with van der Waals surface area (Å²) in [5, 5.41) is 3.71. The zero-order chi connectivity index (χ0) is 13.1. The van der Waals surface area contributed by atoms with Gasteiger partial charge in [0.05, 0.1) is 24.8 Å². The molecular weight excluding hydrogens is 254 g/mol. The quantitative estimate of drug-likeness (QED) is 0.852. The van der Waals surface area contributed by atoms with Crippen LogP contribution >= 0.6 is 11.6 Å². The molecule has 1 fully saturated rings. The molecule has 1 aliphatic rings. The van der Waals surface area contributed by atoms with Crippen LogP contribution in [-0.4, -0.2) is 33.6 Å². The molecule has 2 rings (SSSR count). The summed E-state index contributed by atoms with van der Waals surface area (Å²) in [5.41, 5.74) is 1.33. The number of hydrogen-bond acceptors (Lipinski definition) is 4. The molecule has 0 amide bonds. The Labute approximate surface area is 111 Å². The van der Waals surface area contributed by atoms with E-state index in [1.165, 1.54) is 7.11 Å². The molecule has 1 aromatic rings. The highest BCUT2D eigenvalue weighted by molar-refractivity contribution is 6.33. The third kappa shape index (κ3) is 2.18. The van der Waals surface area contributed by atoms with Gasteiger partial charge in [-0.25, -0.2) is 0 Å². The number of ether oxygens (including phenoxy) is 2. The van der Waals surface area contributed by atoms with E-state index in [9.17, 15) is 4.79 Å². The average molecular weight is 270 g/mol. The van der Waals surface area contributed by atoms with Crippen molar-refractivity contribution in [1.29, 1.82) is 0 Å². The molecule has 0 radical (unpaired) electrons. The summed E-state index contributed by atoms with van der Waals surface area (Å²) < 4.78 is 10.7. The van der Waals surface area contributed by atoms with Gasteiger partial charge in [-0.2, -0.15) is 0 Å². The second-order valence-electron chi connectivity index (χ2n) is 4.24. The first-order chi connectivity index (χ1) is 8.72. The van der Waals surface area contributed by atoms with Crippen LogP contribution in [0.1, 0.15) is 28.3 Å². The number of rotatable bonds is 4. The summed E-state index contributed by atoms with van der Waals surface area (Å²) in [5.74, 6) is 1.37. The Morgan fingerprint density at radius 2 is 2.11 bits per heavy atom. The number of benzene rings is 1. The number of halogens is 1. The first-order valence-electron chi connectivity index (χ1n) is 5.83. The van der Waals surface area contributed by atoms with Gasteiger partial charge in [-0.05, 0) is 19.0 Å². The number of nitrogens with one attached hydrogen (secondary N) is 1. The number of methoxy groups -OCH3 is 2. The minimum absolute atomic E-state index is 0.339. The second-order valence-corrected chi connectivity index (χ2v) is 4.64. The maximum Gasteiger partial charge on any atom is 0.173 e. The lowest BCUT2D eigenvalue weighted by molar-refractivity contribution is 0.112. The Balaban J connectivity index is 2.58. The first kappa shape index (κ1) is 13.2.